The molecule has 162 valence electrons. The summed E-state index contributed by atoms with van der Waals surface area (Å²) in [5.41, 5.74) is 7.17. The van der Waals surface area contributed by atoms with Crippen LogP contribution in [0.15, 0.2) is 35.7 Å². The number of carbonyl (C=O) groups excluding carboxylic acids is 2. The van der Waals surface area contributed by atoms with Gasteiger partial charge in [0.25, 0.3) is 0 Å². The Labute approximate surface area is 179 Å². The van der Waals surface area contributed by atoms with E-state index in [0.29, 0.717) is 35.7 Å². The van der Waals surface area contributed by atoms with E-state index in [1.54, 1.807) is 18.7 Å². The van der Waals surface area contributed by atoms with Crippen LogP contribution >= 0.6 is 0 Å². The fraction of sp³-hybridized carbons (Fsp3) is 0.409. The number of anilines is 1. The van der Waals surface area contributed by atoms with Gasteiger partial charge in [0.05, 0.1) is 24.8 Å². The molecule has 1 saturated heterocycles. The van der Waals surface area contributed by atoms with Crippen LogP contribution in [0.25, 0.3) is 0 Å². The molecule has 3 N–H and O–H groups in total. The molecule has 1 spiro atoms. The van der Waals surface area contributed by atoms with E-state index in [-0.39, 0.29) is 36.0 Å². The number of hydrogen-bond acceptors (Lipinski definition) is 7. The molecule has 0 radical (unpaired) electrons. The lowest BCUT2D eigenvalue weighted by atomic mass is 9.68. The summed E-state index contributed by atoms with van der Waals surface area (Å²) in [6, 6.07) is 7.43. The van der Waals surface area contributed by atoms with Crippen LogP contribution in [0.3, 0.4) is 0 Å². The first-order chi connectivity index (χ1) is 15.0. The molecule has 3 aliphatic rings. The van der Waals surface area contributed by atoms with Crippen LogP contribution in [0.2, 0.25) is 0 Å². The van der Waals surface area contributed by atoms with Crippen molar-refractivity contribution in [2.24, 2.45) is 5.73 Å². The highest BCUT2D eigenvalue weighted by molar-refractivity contribution is 6.18. The molecule has 1 aromatic heterocycles. The molecule has 5 rings (SSSR count). The lowest BCUT2D eigenvalue weighted by Crippen LogP contribution is -2.49. The number of ether oxygens (including phenoxy) is 3. The third-order valence-electron chi connectivity index (χ3n) is 6.17. The van der Waals surface area contributed by atoms with Crippen LogP contribution in [-0.4, -0.2) is 47.9 Å². The van der Waals surface area contributed by atoms with Crippen LogP contribution < -0.4 is 15.4 Å². The number of nitrogens with zero attached hydrogens (tertiary/aromatic N) is 2. The second-order valence-corrected chi connectivity index (χ2v) is 7.91. The molecule has 0 aliphatic carbocycles. The van der Waals surface area contributed by atoms with E-state index in [4.69, 9.17) is 19.9 Å². The SMILES string of the molecule is CCOC(=O)C1=C(N)Oc2n[nH]c(C)c2C12C(=O)N(CC1CCCO1)c1ccccc12. The fourth-order valence-electron chi connectivity index (χ4n) is 4.95. The lowest BCUT2D eigenvalue weighted by Gasteiger charge is -2.34. The van der Waals surface area contributed by atoms with Gasteiger partial charge in [-0.15, -0.1) is 5.10 Å². The van der Waals surface area contributed by atoms with Crippen LogP contribution in [0, 0.1) is 6.92 Å². The normalized spacial score (nSPS) is 24.4. The van der Waals surface area contributed by atoms with Gasteiger partial charge in [0.15, 0.2) is 0 Å². The van der Waals surface area contributed by atoms with Crippen molar-refractivity contribution < 1.29 is 23.8 Å². The van der Waals surface area contributed by atoms with Crippen LogP contribution in [0.4, 0.5) is 5.69 Å². The minimum Gasteiger partial charge on any atom is -0.462 e. The fourth-order valence-corrected chi connectivity index (χ4v) is 4.95. The van der Waals surface area contributed by atoms with Crippen molar-refractivity contribution in [3.05, 3.63) is 52.5 Å². The quantitative estimate of drug-likeness (QED) is 0.716. The zero-order valence-corrected chi connectivity index (χ0v) is 17.4. The summed E-state index contributed by atoms with van der Waals surface area (Å²) >= 11 is 0. The number of carbonyl (C=O) groups is 2. The Kier molecular flexibility index (Phi) is 4.51. The molecule has 2 atom stereocenters. The number of amides is 1. The average Bonchev–Trinajstić information content (AvgIpc) is 3.45. The zero-order valence-electron chi connectivity index (χ0n) is 17.4. The van der Waals surface area contributed by atoms with E-state index in [1.807, 2.05) is 24.3 Å². The Morgan fingerprint density at radius 3 is 2.97 bits per heavy atom. The maximum Gasteiger partial charge on any atom is 0.341 e. The minimum atomic E-state index is -1.50. The van der Waals surface area contributed by atoms with Gasteiger partial charge >= 0.3 is 5.97 Å². The third kappa shape index (κ3) is 2.62. The molecule has 31 heavy (non-hydrogen) atoms. The summed E-state index contributed by atoms with van der Waals surface area (Å²) in [6.07, 6.45) is 1.77. The summed E-state index contributed by atoms with van der Waals surface area (Å²) in [5, 5.41) is 7.07. The van der Waals surface area contributed by atoms with E-state index in [1.165, 1.54) is 0 Å². The number of aromatic amines is 1. The van der Waals surface area contributed by atoms with Gasteiger partial charge in [-0.05, 0) is 32.8 Å². The number of nitrogens with one attached hydrogen (secondary N) is 1. The number of aromatic nitrogens is 2. The molecule has 2 aromatic rings. The molecular weight excluding hydrogens is 400 g/mol. The van der Waals surface area contributed by atoms with Crippen LogP contribution in [0.1, 0.15) is 36.6 Å². The molecule has 2 unspecified atom stereocenters. The molecule has 4 heterocycles. The van der Waals surface area contributed by atoms with Crippen molar-refractivity contribution in [2.45, 2.75) is 38.2 Å². The number of benzene rings is 1. The predicted molar refractivity (Wildman–Crippen MR) is 110 cm³/mol. The highest BCUT2D eigenvalue weighted by Crippen LogP contribution is 2.56. The summed E-state index contributed by atoms with van der Waals surface area (Å²) in [6.45, 7) is 4.70. The Morgan fingerprint density at radius 2 is 2.23 bits per heavy atom. The van der Waals surface area contributed by atoms with E-state index in [2.05, 4.69) is 10.2 Å². The largest absolute Gasteiger partial charge is 0.462 e. The number of H-pyrrole nitrogens is 1. The number of fused-ring (bicyclic) bond motifs is 4. The highest BCUT2D eigenvalue weighted by atomic mass is 16.5. The van der Waals surface area contributed by atoms with Crippen molar-refractivity contribution in [3.8, 4) is 5.88 Å². The zero-order chi connectivity index (χ0) is 21.8. The monoisotopic (exact) mass is 424 g/mol. The minimum absolute atomic E-state index is 0.0151. The molecule has 9 heteroatoms. The highest BCUT2D eigenvalue weighted by Gasteiger charge is 2.62. The number of esters is 1. The Morgan fingerprint density at radius 1 is 1.42 bits per heavy atom. The van der Waals surface area contributed by atoms with Gasteiger partial charge in [-0.1, -0.05) is 18.2 Å². The maximum atomic E-state index is 14.3. The van der Waals surface area contributed by atoms with E-state index >= 15 is 0 Å². The summed E-state index contributed by atoms with van der Waals surface area (Å²) in [5.74, 6) is -0.970. The molecule has 0 bridgehead atoms. The van der Waals surface area contributed by atoms with Gasteiger partial charge in [-0.3, -0.25) is 9.89 Å². The first kappa shape index (κ1) is 19.6. The van der Waals surface area contributed by atoms with E-state index in [9.17, 15) is 9.59 Å². The molecule has 9 nitrogen and oxygen atoms in total. The molecule has 1 fully saturated rings. The summed E-state index contributed by atoms with van der Waals surface area (Å²) in [4.78, 5) is 29.1. The Balaban J connectivity index is 1.77. The standard InChI is InChI=1S/C22H24N4O5/c1-3-29-20(27)17-18(23)31-19-16(12(2)24-25-19)22(17)14-8-4-5-9-15(14)26(21(22)28)11-13-7-6-10-30-13/h4-5,8-9,13H,3,6-7,10-11,23H2,1-2H3,(H,24,25). The average molecular weight is 424 g/mol. The molecule has 1 amide bonds. The van der Waals surface area contributed by atoms with Gasteiger partial charge in [-0.25, -0.2) is 4.79 Å². The lowest BCUT2D eigenvalue weighted by molar-refractivity contribution is -0.141. The van der Waals surface area contributed by atoms with Crippen molar-refractivity contribution in [1.29, 1.82) is 0 Å². The topological polar surface area (TPSA) is 120 Å². The first-order valence-electron chi connectivity index (χ1n) is 10.4. The summed E-state index contributed by atoms with van der Waals surface area (Å²) in [7, 11) is 0. The van der Waals surface area contributed by atoms with Crippen LogP contribution in [0.5, 0.6) is 5.88 Å². The van der Waals surface area contributed by atoms with Crippen molar-refractivity contribution in [2.75, 3.05) is 24.7 Å². The second kappa shape index (κ2) is 7.12. The molecule has 0 saturated carbocycles. The number of hydrogen-bond donors (Lipinski definition) is 2. The van der Waals surface area contributed by atoms with Gasteiger partial charge in [0, 0.05) is 23.6 Å². The van der Waals surface area contributed by atoms with E-state index < -0.39 is 11.4 Å². The second-order valence-electron chi connectivity index (χ2n) is 7.91. The number of para-hydroxylation sites is 1. The smallest absolute Gasteiger partial charge is 0.341 e. The van der Waals surface area contributed by atoms with Gasteiger partial charge in [0.2, 0.25) is 17.7 Å². The van der Waals surface area contributed by atoms with Gasteiger partial charge in [0.1, 0.15) is 11.0 Å². The Hall–Kier alpha value is -3.33. The molecular formula is C22H24N4O5. The molecule has 3 aliphatic heterocycles. The van der Waals surface area contributed by atoms with Crippen molar-refractivity contribution in [3.63, 3.8) is 0 Å². The third-order valence-corrected chi connectivity index (χ3v) is 6.17. The number of rotatable bonds is 4. The van der Waals surface area contributed by atoms with Gasteiger partial charge < -0.3 is 24.8 Å². The first-order valence-corrected chi connectivity index (χ1v) is 10.4. The molecule has 1 aromatic carbocycles. The maximum absolute atomic E-state index is 14.3. The van der Waals surface area contributed by atoms with Gasteiger partial charge in [-0.2, -0.15) is 0 Å². The van der Waals surface area contributed by atoms with Crippen LogP contribution in [-0.2, 0) is 24.5 Å². The van der Waals surface area contributed by atoms with E-state index in [0.717, 1.165) is 12.8 Å². The predicted octanol–water partition coefficient (Wildman–Crippen LogP) is 1.66. The van der Waals surface area contributed by atoms with Crippen molar-refractivity contribution in [1.82, 2.24) is 10.2 Å². The number of aryl methyl sites for hydroxylation is 1. The summed E-state index contributed by atoms with van der Waals surface area (Å²) < 4.78 is 16.8. The Bertz CT molecular complexity index is 1100. The van der Waals surface area contributed by atoms with Crippen molar-refractivity contribution >= 4 is 17.6 Å². The number of nitrogens with two attached hydrogens (primary N) is 1.